The number of allylic oxidation sites excluding steroid dienone is 3. The van der Waals surface area contributed by atoms with Crippen LogP contribution in [0.25, 0.3) is 0 Å². The van der Waals surface area contributed by atoms with E-state index in [-0.39, 0.29) is 89.5 Å². The third-order valence-corrected chi connectivity index (χ3v) is 16.6. The summed E-state index contributed by atoms with van der Waals surface area (Å²) >= 11 is 0. The first kappa shape index (κ1) is 60.2. The lowest BCUT2D eigenvalue weighted by Crippen LogP contribution is -2.46. The van der Waals surface area contributed by atoms with Crippen LogP contribution in [-0.2, 0) is 36.8 Å². The number of hydrogen-bond acceptors (Lipinski definition) is 14. The molecule has 4 unspecified atom stereocenters. The molecule has 8 amide bonds. The van der Waals surface area contributed by atoms with E-state index in [1.54, 1.807) is 74.8 Å². The number of rotatable bonds is 13. The quantitative estimate of drug-likeness (QED) is 0.0858. The topological polar surface area (TPSA) is 240 Å². The fraction of sp³-hybridized carbons (Fsp3) is 0.309. The molecule has 3 saturated carbocycles. The molecule has 1 N–H and O–H groups in total. The molecule has 12 rings (SSSR count). The van der Waals surface area contributed by atoms with Gasteiger partial charge in [0.05, 0.1) is 58.1 Å². The van der Waals surface area contributed by atoms with Crippen molar-refractivity contribution < 1.29 is 67.0 Å². The summed E-state index contributed by atoms with van der Waals surface area (Å²) in [6.45, 7) is 11.4. The average Bonchev–Trinajstić information content (AvgIpc) is 1.68. The smallest absolute Gasteiger partial charge is 0.266 e. The van der Waals surface area contributed by atoms with Gasteiger partial charge in [0.25, 0.3) is 47.3 Å². The molecule has 0 saturated heterocycles. The fourth-order valence-corrected chi connectivity index (χ4v) is 12.0. The maximum atomic E-state index is 13.2. The molecule has 0 spiro atoms. The highest BCUT2D eigenvalue weighted by molar-refractivity contribution is 6.26. The Kier molecular flexibility index (Phi) is 17.8. The number of nitrogens with zero attached hydrogens (tertiary/aromatic N) is 4. The van der Waals surface area contributed by atoms with Crippen LogP contribution in [0.3, 0.4) is 0 Å². The van der Waals surface area contributed by atoms with Gasteiger partial charge in [0.1, 0.15) is 17.2 Å². The lowest BCUT2D eigenvalue weighted by atomic mass is 9.84. The SMILES string of the molecule is C=C1CCC(N2C(=O)c3cccc(OCC(=O)N(C)C)c3C2=O)C(=O)C1.C=C1CCC(N2C(=O)c3cccc(OCC(=O)Nc4ccccc4)c3C2=O)C(=O)C1.C=C1CCC(N2C(=O)c3cccc(OCC4CCc5ccccc5C4)c3C2=O)C(=O)C1. The van der Waals surface area contributed by atoms with Crippen LogP contribution in [0.4, 0.5) is 5.69 Å². The average molecular weight is 1180 g/mol. The number of nitrogens with one attached hydrogen (secondary N) is 1. The molecule has 19 nitrogen and oxygen atoms in total. The van der Waals surface area contributed by atoms with Gasteiger partial charge in [-0.3, -0.25) is 67.4 Å². The van der Waals surface area contributed by atoms with Crippen LogP contribution in [0.2, 0.25) is 0 Å². The number of likely N-dealkylation sites (N-methyl/N-ethyl adjacent to an activating group) is 1. The molecule has 0 radical (unpaired) electrons. The Labute approximate surface area is 502 Å². The van der Waals surface area contributed by atoms with Crippen LogP contribution in [0.1, 0.15) is 137 Å². The number of carbonyl (C=O) groups excluding carboxylic acids is 11. The molecule has 3 fully saturated rings. The third kappa shape index (κ3) is 12.6. The molecule has 3 aliphatic heterocycles. The van der Waals surface area contributed by atoms with Crippen molar-refractivity contribution in [1.82, 2.24) is 19.6 Å². The number of anilines is 1. The van der Waals surface area contributed by atoms with Gasteiger partial charge >= 0.3 is 0 Å². The van der Waals surface area contributed by atoms with E-state index in [1.807, 2.05) is 6.07 Å². The molecule has 5 aromatic rings. The number of para-hydroxylation sites is 1. The fourth-order valence-electron chi connectivity index (χ4n) is 12.0. The molecule has 4 atom stereocenters. The lowest BCUT2D eigenvalue weighted by molar-refractivity contribution is -0.131. The van der Waals surface area contributed by atoms with Crippen LogP contribution < -0.4 is 19.5 Å². The van der Waals surface area contributed by atoms with Gasteiger partial charge in [-0.25, -0.2) is 0 Å². The summed E-state index contributed by atoms with van der Waals surface area (Å²) < 4.78 is 17.2. The molecule has 87 heavy (non-hydrogen) atoms. The van der Waals surface area contributed by atoms with E-state index in [0.29, 0.717) is 73.6 Å². The number of carbonyl (C=O) groups is 11. The van der Waals surface area contributed by atoms with E-state index in [9.17, 15) is 52.7 Å². The number of ketones is 3. The number of amides is 8. The Morgan fingerprint density at radius 3 is 1.30 bits per heavy atom. The highest BCUT2D eigenvalue weighted by Crippen LogP contribution is 2.39. The Hall–Kier alpha value is -9.91. The summed E-state index contributed by atoms with van der Waals surface area (Å²) in [6, 6.07) is 29.6. The van der Waals surface area contributed by atoms with E-state index in [4.69, 9.17) is 14.2 Å². The van der Waals surface area contributed by atoms with Crippen molar-refractivity contribution in [1.29, 1.82) is 0 Å². The van der Waals surface area contributed by atoms with Crippen molar-refractivity contribution in [3.8, 4) is 17.2 Å². The van der Waals surface area contributed by atoms with Gasteiger partial charge < -0.3 is 24.4 Å². The summed E-state index contributed by atoms with van der Waals surface area (Å²) in [5, 5.41) is 2.69. The first-order chi connectivity index (χ1) is 41.8. The maximum absolute atomic E-state index is 13.2. The number of fused-ring (bicyclic) bond motifs is 4. The van der Waals surface area contributed by atoms with Gasteiger partial charge in [-0.15, -0.1) is 0 Å². The van der Waals surface area contributed by atoms with Crippen LogP contribution in [0.15, 0.2) is 146 Å². The van der Waals surface area contributed by atoms with Crippen molar-refractivity contribution in [2.75, 3.05) is 39.2 Å². The molecule has 5 aromatic carbocycles. The Bertz CT molecular complexity index is 3750. The highest BCUT2D eigenvalue weighted by Gasteiger charge is 2.48. The summed E-state index contributed by atoms with van der Waals surface area (Å²) in [4.78, 5) is 143. The zero-order valence-corrected chi connectivity index (χ0v) is 48.4. The highest BCUT2D eigenvalue weighted by atomic mass is 16.5. The zero-order chi connectivity index (χ0) is 61.8. The summed E-state index contributed by atoms with van der Waals surface area (Å²) in [5.41, 5.74) is 7.06. The first-order valence-electron chi connectivity index (χ1n) is 28.9. The number of benzene rings is 5. The van der Waals surface area contributed by atoms with Crippen molar-refractivity contribution in [2.45, 2.75) is 95.2 Å². The summed E-state index contributed by atoms with van der Waals surface area (Å²) in [7, 11) is 3.19. The number of ether oxygens (including phenoxy) is 3. The molecule has 19 heteroatoms. The van der Waals surface area contributed by atoms with E-state index < -0.39 is 59.5 Å². The molecule has 0 aromatic heterocycles. The Balaban J connectivity index is 0.000000145. The van der Waals surface area contributed by atoms with Crippen LogP contribution in [0.5, 0.6) is 17.2 Å². The van der Waals surface area contributed by atoms with Gasteiger partial charge in [-0.2, -0.15) is 0 Å². The van der Waals surface area contributed by atoms with Crippen LogP contribution >= 0.6 is 0 Å². The van der Waals surface area contributed by atoms with E-state index in [1.165, 1.54) is 34.2 Å². The minimum atomic E-state index is -0.794. The normalized spacial score (nSPS) is 20.4. The maximum Gasteiger partial charge on any atom is 0.266 e. The number of imide groups is 3. The minimum Gasteiger partial charge on any atom is -0.492 e. The Morgan fingerprint density at radius 1 is 0.471 bits per heavy atom. The monoisotopic (exact) mass is 1180 g/mol. The largest absolute Gasteiger partial charge is 0.492 e. The van der Waals surface area contributed by atoms with Crippen molar-refractivity contribution in [3.63, 3.8) is 0 Å². The molecular formula is C68H65N5O14. The third-order valence-electron chi connectivity index (χ3n) is 16.6. The molecule has 4 aliphatic carbocycles. The molecule has 446 valence electrons. The van der Waals surface area contributed by atoms with Gasteiger partial charge in [0.15, 0.2) is 30.6 Å². The number of hydrogen-bond donors (Lipinski definition) is 1. The Morgan fingerprint density at radius 2 is 0.874 bits per heavy atom. The molecular weight excluding hydrogens is 1110 g/mol. The van der Waals surface area contributed by atoms with Gasteiger partial charge in [-0.1, -0.05) is 97.1 Å². The predicted molar refractivity (Wildman–Crippen MR) is 318 cm³/mol. The number of Topliss-reactive ketones (excluding diaryl/α,β-unsaturated/α-hetero) is 3. The lowest BCUT2D eigenvalue weighted by Gasteiger charge is -2.29. The van der Waals surface area contributed by atoms with E-state index >= 15 is 0 Å². The second-order valence-corrected chi connectivity index (χ2v) is 22.8. The van der Waals surface area contributed by atoms with Gasteiger partial charge in [-0.05, 0) is 123 Å². The van der Waals surface area contributed by atoms with E-state index in [0.717, 1.165) is 50.7 Å². The van der Waals surface area contributed by atoms with Crippen molar-refractivity contribution in [3.05, 3.63) is 190 Å². The van der Waals surface area contributed by atoms with Crippen molar-refractivity contribution >= 4 is 70.3 Å². The van der Waals surface area contributed by atoms with Crippen LogP contribution in [0, 0.1) is 5.92 Å². The molecule has 3 heterocycles. The molecule has 7 aliphatic rings. The van der Waals surface area contributed by atoms with Gasteiger partial charge in [0, 0.05) is 39.0 Å². The second-order valence-electron chi connectivity index (χ2n) is 22.8. The first-order valence-corrected chi connectivity index (χ1v) is 28.9. The minimum absolute atomic E-state index is 0.0900. The van der Waals surface area contributed by atoms with Crippen molar-refractivity contribution in [2.24, 2.45) is 5.92 Å². The zero-order valence-electron chi connectivity index (χ0n) is 48.4. The summed E-state index contributed by atoms with van der Waals surface area (Å²) in [6.07, 6.45) is 6.63. The molecule has 0 bridgehead atoms. The van der Waals surface area contributed by atoms with E-state index in [2.05, 4.69) is 49.3 Å². The van der Waals surface area contributed by atoms with Gasteiger partial charge in [0.2, 0.25) is 0 Å². The second kappa shape index (κ2) is 25.7. The van der Waals surface area contributed by atoms with Crippen LogP contribution in [-0.4, -0.2) is 136 Å². The predicted octanol–water partition coefficient (Wildman–Crippen LogP) is 8.55. The summed E-state index contributed by atoms with van der Waals surface area (Å²) in [5.74, 6) is -2.99. The standard InChI is InChI=1S/C26H25NO4.C23H20N2O5.C19H20N2O5/c1-16-9-12-21(22(28)13-16)27-25(29)20-7-4-8-23(24(20)26(27)30)31-15-17-10-11-18-5-2-3-6-19(18)14-17;1-14-10-11-17(18(26)12-14)25-22(28)16-8-5-9-19(21(16)23(25)29)30-13-20(27)24-15-6-3-2-4-7-15;1-11-7-8-13(14(22)9-11)21-18(24)12-5-4-6-15(17(12)19(21)25)26-10-16(23)20(2)3/h2-8,17,21H,1,9-15H2;2-9,17H,1,10-13H2,(H,24,27);4-6,13H,1,7-10H2,2-3H3. The number of aryl methyl sites for hydroxylation is 1.